The average Bonchev–Trinajstić information content (AvgIpc) is 2.76. The van der Waals surface area contributed by atoms with E-state index in [0.29, 0.717) is 12.0 Å². The molecule has 1 fully saturated rings. The standard InChI is InChI=1S/C13H18BrFN2/c1-9(17-5-4-10(7-16)8-17)12-3-2-11(15)6-13(12)14/h2-3,6,9-10H,4-5,7-8,16H2,1H3. The number of benzene rings is 1. The lowest BCUT2D eigenvalue weighted by Crippen LogP contribution is -2.26. The first-order valence-corrected chi connectivity index (χ1v) is 6.80. The van der Waals surface area contributed by atoms with Crippen molar-refractivity contribution in [2.24, 2.45) is 11.7 Å². The Labute approximate surface area is 110 Å². The van der Waals surface area contributed by atoms with Gasteiger partial charge in [-0.1, -0.05) is 22.0 Å². The lowest BCUT2D eigenvalue weighted by Gasteiger charge is -2.25. The fourth-order valence-electron chi connectivity index (χ4n) is 2.44. The summed E-state index contributed by atoms with van der Waals surface area (Å²) >= 11 is 3.44. The Balaban J connectivity index is 2.12. The van der Waals surface area contributed by atoms with Gasteiger partial charge < -0.3 is 5.73 Å². The van der Waals surface area contributed by atoms with Crippen LogP contribution in [0.1, 0.15) is 24.9 Å². The van der Waals surface area contributed by atoms with Crippen LogP contribution in [0.5, 0.6) is 0 Å². The Morgan fingerprint density at radius 3 is 2.94 bits per heavy atom. The number of likely N-dealkylation sites (tertiary alicyclic amines) is 1. The highest BCUT2D eigenvalue weighted by Crippen LogP contribution is 2.31. The molecule has 2 nitrogen and oxygen atoms in total. The van der Waals surface area contributed by atoms with Crippen molar-refractivity contribution in [3.8, 4) is 0 Å². The molecule has 94 valence electrons. The van der Waals surface area contributed by atoms with Gasteiger partial charge in [-0.3, -0.25) is 4.90 Å². The fourth-order valence-corrected chi connectivity index (χ4v) is 3.13. The Morgan fingerprint density at radius 2 is 2.35 bits per heavy atom. The van der Waals surface area contributed by atoms with E-state index in [0.717, 1.165) is 29.7 Å². The average molecular weight is 301 g/mol. The Kier molecular flexibility index (Phi) is 4.17. The summed E-state index contributed by atoms with van der Waals surface area (Å²) in [7, 11) is 0. The van der Waals surface area contributed by atoms with Crippen molar-refractivity contribution >= 4 is 15.9 Å². The first-order valence-electron chi connectivity index (χ1n) is 6.01. The van der Waals surface area contributed by atoms with Gasteiger partial charge in [-0.05, 0) is 50.0 Å². The fraction of sp³-hybridized carbons (Fsp3) is 0.538. The molecule has 0 bridgehead atoms. The van der Waals surface area contributed by atoms with Crippen molar-refractivity contribution < 1.29 is 4.39 Å². The van der Waals surface area contributed by atoms with E-state index in [1.54, 1.807) is 0 Å². The van der Waals surface area contributed by atoms with E-state index in [2.05, 4.69) is 27.8 Å². The highest BCUT2D eigenvalue weighted by molar-refractivity contribution is 9.10. The number of hydrogen-bond donors (Lipinski definition) is 1. The maximum atomic E-state index is 13.0. The van der Waals surface area contributed by atoms with Crippen LogP contribution in [0.3, 0.4) is 0 Å². The number of rotatable bonds is 3. The van der Waals surface area contributed by atoms with Gasteiger partial charge in [0, 0.05) is 17.1 Å². The summed E-state index contributed by atoms with van der Waals surface area (Å²) in [6, 6.07) is 5.22. The monoisotopic (exact) mass is 300 g/mol. The number of hydrogen-bond acceptors (Lipinski definition) is 2. The zero-order valence-corrected chi connectivity index (χ0v) is 11.6. The van der Waals surface area contributed by atoms with Gasteiger partial charge in [-0.15, -0.1) is 0 Å². The van der Waals surface area contributed by atoms with Crippen molar-refractivity contribution in [1.82, 2.24) is 4.90 Å². The zero-order chi connectivity index (χ0) is 12.4. The molecule has 0 saturated carbocycles. The Bertz CT molecular complexity index is 397. The first kappa shape index (κ1) is 13.0. The van der Waals surface area contributed by atoms with E-state index in [1.165, 1.54) is 18.6 Å². The van der Waals surface area contributed by atoms with Crippen LogP contribution in [-0.2, 0) is 0 Å². The summed E-state index contributed by atoms with van der Waals surface area (Å²) in [5.41, 5.74) is 6.84. The Hall–Kier alpha value is -0.450. The number of nitrogens with two attached hydrogens (primary N) is 1. The van der Waals surface area contributed by atoms with Gasteiger partial charge in [-0.2, -0.15) is 0 Å². The zero-order valence-electron chi connectivity index (χ0n) is 10.00. The third-order valence-electron chi connectivity index (χ3n) is 3.61. The maximum absolute atomic E-state index is 13.0. The van der Waals surface area contributed by atoms with Gasteiger partial charge in [0.2, 0.25) is 0 Å². The van der Waals surface area contributed by atoms with Gasteiger partial charge in [0.15, 0.2) is 0 Å². The van der Waals surface area contributed by atoms with Crippen LogP contribution in [0.2, 0.25) is 0 Å². The number of nitrogens with zero attached hydrogens (tertiary/aromatic N) is 1. The van der Waals surface area contributed by atoms with E-state index in [-0.39, 0.29) is 5.82 Å². The molecule has 17 heavy (non-hydrogen) atoms. The Morgan fingerprint density at radius 1 is 1.59 bits per heavy atom. The molecule has 1 aliphatic heterocycles. The van der Waals surface area contributed by atoms with Crippen LogP contribution in [0.25, 0.3) is 0 Å². The third-order valence-corrected chi connectivity index (χ3v) is 4.30. The van der Waals surface area contributed by atoms with E-state index in [9.17, 15) is 4.39 Å². The van der Waals surface area contributed by atoms with Gasteiger partial charge in [0.05, 0.1) is 0 Å². The second kappa shape index (κ2) is 5.46. The minimum atomic E-state index is -0.200. The van der Waals surface area contributed by atoms with E-state index in [1.807, 2.05) is 6.07 Å². The molecule has 2 unspecified atom stereocenters. The SMILES string of the molecule is CC(c1ccc(F)cc1Br)N1CCC(CN)C1. The van der Waals surface area contributed by atoms with Crippen molar-refractivity contribution in [3.63, 3.8) is 0 Å². The second-order valence-corrected chi connectivity index (χ2v) is 5.58. The second-order valence-electron chi connectivity index (χ2n) is 4.73. The predicted molar refractivity (Wildman–Crippen MR) is 71.2 cm³/mol. The molecule has 2 atom stereocenters. The van der Waals surface area contributed by atoms with Crippen molar-refractivity contribution in [2.75, 3.05) is 19.6 Å². The molecule has 0 aromatic heterocycles. The molecule has 1 heterocycles. The van der Waals surface area contributed by atoms with Gasteiger partial charge in [0.1, 0.15) is 5.82 Å². The van der Waals surface area contributed by atoms with Crippen molar-refractivity contribution in [1.29, 1.82) is 0 Å². The smallest absolute Gasteiger partial charge is 0.124 e. The molecular weight excluding hydrogens is 283 g/mol. The van der Waals surface area contributed by atoms with Crippen molar-refractivity contribution in [2.45, 2.75) is 19.4 Å². The van der Waals surface area contributed by atoms with E-state index < -0.39 is 0 Å². The summed E-state index contributed by atoms with van der Waals surface area (Å²) in [6.07, 6.45) is 1.17. The van der Waals surface area contributed by atoms with Gasteiger partial charge in [-0.25, -0.2) is 4.39 Å². The van der Waals surface area contributed by atoms with E-state index >= 15 is 0 Å². The molecule has 0 spiro atoms. The van der Waals surface area contributed by atoms with Crippen LogP contribution >= 0.6 is 15.9 Å². The molecule has 0 radical (unpaired) electrons. The molecule has 1 saturated heterocycles. The van der Waals surface area contributed by atoms with Crippen LogP contribution in [-0.4, -0.2) is 24.5 Å². The molecular formula is C13H18BrFN2. The highest BCUT2D eigenvalue weighted by atomic mass is 79.9. The molecule has 4 heteroatoms. The van der Waals surface area contributed by atoms with Gasteiger partial charge >= 0.3 is 0 Å². The van der Waals surface area contributed by atoms with Crippen LogP contribution < -0.4 is 5.73 Å². The molecule has 1 aliphatic rings. The maximum Gasteiger partial charge on any atom is 0.124 e. The molecule has 1 aromatic rings. The molecule has 2 rings (SSSR count). The minimum Gasteiger partial charge on any atom is -0.330 e. The predicted octanol–water partition coefficient (Wildman–Crippen LogP) is 2.93. The molecule has 2 N–H and O–H groups in total. The lowest BCUT2D eigenvalue weighted by molar-refractivity contribution is 0.252. The molecule has 0 amide bonds. The number of halogens is 2. The third kappa shape index (κ3) is 2.87. The summed E-state index contributed by atoms with van der Waals surface area (Å²) < 4.78 is 13.9. The van der Waals surface area contributed by atoms with Crippen LogP contribution in [0.4, 0.5) is 4.39 Å². The largest absolute Gasteiger partial charge is 0.330 e. The normalized spacial score (nSPS) is 22.9. The quantitative estimate of drug-likeness (QED) is 0.930. The topological polar surface area (TPSA) is 29.3 Å². The van der Waals surface area contributed by atoms with E-state index in [4.69, 9.17) is 5.73 Å². The summed E-state index contributed by atoms with van der Waals surface area (Å²) in [5, 5.41) is 0. The molecule has 0 aliphatic carbocycles. The van der Waals surface area contributed by atoms with Crippen LogP contribution in [0.15, 0.2) is 22.7 Å². The molecule has 1 aromatic carbocycles. The minimum absolute atomic E-state index is 0.200. The summed E-state index contributed by atoms with van der Waals surface area (Å²) in [6.45, 7) is 5.04. The summed E-state index contributed by atoms with van der Waals surface area (Å²) in [4.78, 5) is 2.41. The van der Waals surface area contributed by atoms with Gasteiger partial charge in [0.25, 0.3) is 0 Å². The highest BCUT2D eigenvalue weighted by Gasteiger charge is 2.26. The first-order chi connectivity index (χ1) is 8.11. The van der Waals surface area contributed by atoms with Crippen LogP contribution in [0, 0.1) is 11.7 Å². The summed E-state index contributed by atoms with van der Waals surface area (Å²) in [5.74, 6) is 0.408. The lowest BCUT2D eigenvalue weighted by atomic mass is 10.1. The van der Waals surface area contributed by atoms with Crippen molar-refractivity contribution in [3.05, 3.63) is 34.1 Å².